The number of aryl methyl sites for hydroxylation is 1. The third-order valence-corrected chi connectivity index (χ3v) is 10.9. The lowest BCUT2D eigenvalue weighted by atomic mass is 9.94. The van der Waals surface area contributed by atoms with Crippen LogP contribution in [0.3, 0.4) is 0 Å². The first-order valence-corrected chi connectivity index (χ1v) is 17.8. The molecule has 3 aromatic carbocycles. The lowest BCUT2D eigenvalue weighted by Crippen LogP contribution is -2.44. The standard InChI is InChI=1S/C35H34F2N6O5S2/c1-41-13-15-42(16-14-41)27-18-25(37)28(19-24(27)36)47-17-5-10-30-32(48-35(45)46)40-34(50-30)43-12-11-21-6-4-7-22(23(21)20-43)31(44)39-33-38-26-8-2-3-9-29(26)49-33/h2-4,6-9,18-19H,5,10-17,20H2,1H3,(H,45,46)(H,38,39,44). The molecule has 2 aliphatic rings. The van der Waals surface area contributed by atoms with E-state index in [1.165, 1.54) is 28.7 Å². The number of nitrogens with one attached hydrogen (secondary N) is 1. The number of carbonyl (C=O) groups is 2. The Balaban J connectivity index is 1.01. The summed E-state index contributed by atoms with van der Waals surface area (Å²) in [6.45, 7) is 3.80. The molecule has 15 heteroatoms. The van der Waals surface area contributed by atoms with E-state index in [9.17, 15) is 23.5 Å². The number of carbonyl (C=O) groups excluding carboxylic acids is 1. The topological polar surface area (TPSA) is 120 Å². The minimum Gasteiger partial charge on any atom is -0.490 e. The summed E-state index contributed by atoms with van der Waals surface area (Å²) in [7, 11) is 1.99. The molecule has 1 fully saturated rings. The lowest BCUT2D eigenvalue weighted by molar-refractivity contribution is 0.102. The fourth-order valence-electron chi connectivity index (χ4n) is 6.16. The molecule has 0 radical (unpaired) electrons. The van der Waals surface area contributed by atoms with Gasteiger partial charge in [-0.1, -0.05) is 46.9 Å². The summed E-state index contributed by atoms with van der Waals surface area (Å²) < 4.78 is 41.5. The number of hydrogen-bond donors (Lipinski definition) is 2. The van der Waals surface area contributed by atoms with Crippen LogP contribution < -0.4 is 24.6 Å². The first-order chi connectivity index (χ1) is 24.2. The number of rotatable bonds is 10. The molecule has 0 bridgehead atoms. The molecule has 1 amide bonds. The highest BCUT2D eigenvalue weighted by Crippen LogP contribution is 2.36. The summed E-state index contributed by atoms with van der Waals surface area (Å²) in [5, 5.41) is 13.4. The second kappa shape index (κ2) is 14.5. The maximum absolute atomic E-state index is 14.9. The van der Waals surface area contributed by atoms with Crippen molar-refractivity contribution >= 4 is 60.9 Å². The second-order valence-corrected chi connectivity index (χ2v) is 14.2. The van der Waals surface area contributed by atoms with Gasteiger partial charge in [0.05, 0.1) is 27.4 Å². The minimum absolute atomic E-state index is 0.0288. The third-order valence-electron chi connectivity index (χ3n) is 8.79. The van der Waals surface area contributed by atoms with Gasteiger partial charge in [0, 0.05) is 57.0 Å². The van der Waals surface area contributed by atoms with Crippen molar-refractivity contribution in [3.8, 4) is 11.6 Å². The third kappa shape index (κ3) is 7.34. The molecule has 2 aliphatic heterocycles. The van der Waals surface area contributed by atoms with Gasteiger partial charge >= 0.3 is 6.16 Å². The van der Waals surface area contributed by atoms with Gasteiger partial charge < -0.3 is 29.3 Å². The molecule has 0 unspecified atom stereocenters. The fourth-order valence-corrected chi connectivity index (χ4v) is 8.08. The van der Waals surface area contributed by atoms with Crippen LogP contribution in [-0.2, 0) is 19.4 Å². The average Bonchev–Trinajstić information content (AvgIpc) is 3.70. The highest BCUT2D eigenvalue weighted by molar-refractivity contribution is 7.22. The van der Waals surface area contributed by atoms with E-state index in [-0.39, 0.29) is 29.8 Å². The Bertz CT molecular complexity index is 2010. The zero-order valence-corrected chi connectivity index (χ0v) is 28.8. The van der Waals surface area contributed by atoms with E-state index >= 15 is 0 Å². The van der Waals surface area contributed by atoms with Gasteiger partial charge in [0.1, 0.15) is 5.82 Å². The van der Waals surface area contributed by atoms with Crippen LogP contribution >= 0.6 is 22.7 Å². The van der Waals surface area contributed by atoms with E-state index in [2.05, 4.69) is 20.2 Å². The molecular weight excluding hydrogens is 687 g/mol. The molecule has 7 rings (SSSR count). The number of piperazine rings is 1. The first-order valence-electron chi connectivity index (χ1n) is 16.2. The molecule has 0 aliphatic carbocycles. The van der Waals surface area contributed by atoms with Crippen molar-refractivity contribution in [2.45, 2.75) is 25.8 Å². The van der Waals surface area contributed by atoms with Crippen molar-refractivity contribution < 1.29 is 33.0 Å². The zero-order chi connectivity index (χ0) is 34.8. The Labute approximate surface area is 294 Å². The Morgan fingerprint density at radius 2 is 1.78 bits per heavy atom. The van der Waals surface area contributed by atoms with Crippen molar-refractivity contribution in [2.24, 2.45) is 0 Å². The summed E-state index contributed by atoms with van der Waals surface area (Å²) in [4.78, 5) is 40.5. The molecule has 50 heavy (non-hydrogen) atoms. The zero-order valence-electron chi connectivity index (χ0n) is 27.2. The van der Waals surface area contributed by atoms with Crippen LogP contribution in [0.15, 0.2) is 54.6 Å². The largest absolute Gasteiger partial charge is 0.512 e. The van der Waals surface area contributed by atoms with Crippen molar-refractivity contribution in [2.75, 3.05) is 61.5 Å². The number of thiazole rings is 2. The maximum Gasteiger partial charge on any atom is 0.512 e. The Hall–Kier alpha value is -4.86. The van der Waals surface area contributed by atoms with Gasteiger partial charge in [0.15, 0.2) is 21.8 Å². The lowest BCUT2D eigenvalue weighted by Gasteiger charge is -2.34. The fraction of sp³-hybridized carbons (Fsp3) is 0.314. The molecule has 0 saturated carbocycles. The highest BCUT2D eigenvalue weighted by atomic mass is 32.1. The van der Waals surface area contributed by atoms with Gasteiger partial charge in [0.2, 0.25) is 5.88 Å². The number of fused-ring (bicyclic) bond motifs is 2. The second-order valence-electron chi connectivity index (χ2n) is 12.1. The number of anilines is 3. The number of nitrogens with zero attached hydrogens (tertiary/aromatic N) is 5. The molecule has 5 aromatic rings. The van der Waals surface area contributed by atoms with Gasteiger partial charge in [-0.05, 0) is 55.6 Å². The molecule has 0 spiro atoms. The van der Waals surface area contributed by atoms with E-state index in [1.54, 1.807) is 6.07 Å². The number of benzene rings is 3. The molecule has 260 valence electrons. The molecule has 1 saturated heterocycles. The van der Waals surface area contributed by atoms with E-state index in [1.807, 2.05) is 53.2 Å². The van der Waals surface area contributed by atoms with Crippen LogP contribution in [0.2, 0.25) is 0 Å². The first kappa shape index (κ1) is 33.6. The number of hydrogen-bond acceptors (Lipinski definition) is 11. The number of aromatic nitrogens is 2. The number of carboxylic acid groups (broad SMARTS) is 1. The number of halogens is 2. The molecular formula is C35H34F2N6O5S2. The SMILES string of the molecule is CN1CCN(c2cc(F)c(OCCCc3sc(N4CCc5cccc(C(=O)Nc6nc7ccccc7s6)c5C4)nc3OC(=O)O)cc2F)CC1. The number of likely N-dealkylation sites (N-methyl/N-ethyl adjacent to an activating group) is 1. The smallest absolute Gasteiger partial charge is 0.490 e. The quantitative estimate of drug-likeness (QED) is 0.120. The molecule has 0 atom stereocenters. The van der Waals surface area contributed by atoms with Crippen LogP contribution in [0.5, 0.6) is 11.6 Å². The summed E-state index contributed by atoms with van der Waals surface area (Å²) >= 11 is 2.70. The minimum atomic E-state index is -1.49. The molecule has 4 heterocycles. The van der Waals surface area contributed by atoms with Crippen LogP contribution in [0.25, 0.3) is 10.2 Å². The van der Waals surface area contributed by atoms with Gasteiger partial charge in [0.25, 0.3) is 5.91 Å². The average molecular weight is 721 g/mol. The molecule has 2 N–H and O–H groups in total. The monoisotopic (exact) mass is 720 g/mol. The van der Waals surface area contributed by atoms with Crippen LogP contribution in [-0.4, -0.2) is 78.4 Å². The van der Waals surface area contributed by atoms with Crippen LogP contribution in [0.4, 0.5) is 29.5 Å². The normalized spacial score (nSPS) is 14.9. The van der Waals surface area contributed by atoms with Gasteiger partial charge in [-0.25, -0.2) is 18.6 Å². The Kier molecular flexibility index (Phi) is 9.79. The van der Waals surface area contributed by atoms with E-state index in [0.717, 1.165) is 40.5 Å². The van der Waals surface area contributed by atoms with Crippen molar-refractivity contribution in [3.05, 3.63) is 87.8 Å². The van der Waals surface area contributed by atoms with Crippen molar-refractivity contribution in [1.82, 2.24) is 14.9 Å². The maximum atomic E-state index is 14.9. The number of ether oxygens (including phenoxy) is 2. The van der Waals surface area contributed by atoms with Crippen LogP contribution in [0.1, 0.15) is 32.8 Å². The summed E-state index contributed by atoms with van der Waals surface area (Å²) in [5.41, 5.74) is 3.47. The summed E-state index contributed by atoms with van der Waals surface area (Å²) in [6.07, 6.45) is -0.123. The number of para-hydroxylation sites is 1. The van der Waals surface area contributed by atoms with Crippen molar-refractivity contribution in [1.29, 1.82) is 0 Å². The predicted molar refractivity (Wildman–Crippen MR) is 189 cm³/mol. The highest BCUT2D eigenvalue weighted by Gasteiger charge is 2.27. The summed E-state index contributed by atoms with van der Waals surface area (Å²) in [6, 6.07) is 15.6. The summed E-state index contributed by atoms with van der Waals surface area (Å²) in [5.74, 6) is -1.66. The molecule has 2 aromatic heterocycles. The van der Waals surface area contributed by atoms with Crippen molar-refractivity contribution in [3.63, 3.8) is 0 Å². The predicted octanol–water partition coefficient (Wildman–Crippen LogP) is 6.67. The Morgan fingerprint density at radius 3 is 2.58 bits per heavy atom. The van der Waals surface area contributed by atoms with Crippen LogP contribution in [0, 0.1) is 11.6 Å². The van der Waals surface area contributed by atoms with Gasteiger partial charge in [-0.2, -0.15) is 4.98 Å². The number of amides is 1. The van der Waals surface area contributed by atoms with Gasteiger partial charge in [-0.15, -0.1) is 0 Å². The Morgan fingerprint density at radius 1 is 0.960 bits per heavy atom. The van der Waals surface area contributed by atoms with E-state index < -0.39 is 17.8 Å². The van der Waals surface area contributed by atoms with E-state index in [0.29, 0.717) is 66.1 Å². The van der Waals surface area contributed by atoms with Gasteiger partial charge in [-0.3, -0.25) is 10.1 Å². The molecule has 11 nitrogen and oxygen atoms in total. The van der Waals surface area contributed by atoms with E-state index in [4.69, 9.17) is 9.47 Å².